The van der Waals surface area contributed by atoms with E-state index in [1.807, 2.05) is 52.1 Å². The molecule has 168 valence electrons. The van der Waals surface area contributed by atoms with Crippen LogP contribution in [0.3, 0.4) is 0 Å². The van der Waals surface area contributed by atoms with E-state index in [9.17, 15) is 9.59 Å². The van der Waals surface area contributed by atoms with E-state index in [0.717, 1.165) is 48.3 Å². The van der Waals surface area contributed by atoms with E-state index in [1.54, 1.807) is 12.4 Å². The van der Waals surface area contributed by atoms with Gasteiger partial charge in [-0.15, -0.1) is 0 Å². The molecule has 2 aromatic heterocycles. The summed E-state index contributed by atoms with van der Waals surface area (Å²) in [6.07, 6.45) is 4.97. The number of hydrogen-bond donors (Lipinski definition) is 3. The summed E-state index contributed by atoms with van der Waals surface area (Å²) >= 11 is 0. The fourth-order valence-electron chi connectivity index (χ4n) is 4.02. The summed E-state index contributed by atoms with van der Waals surface area (Å²) in [4.78, 5) is 39.4. The van der Waals surface area contributed by atoms with Crippen LogP contribution in [0.4, 0.5) is 17.2 Å². The molecule has 3 heterocycles. The molecule has 0 spiro atoms. The highest BCUT2D eigenvalue weighted by Crippen LogP contribution is 2.36. The number of rotatable bonds is 5. The van der Waals surface area contributed by atoms with Crippen LogP contribution in [-0.4, -0.2) is 39.9 Å². The fourth-order valence-corrected chi connectivity index (χ4v) is 4.02. The molecule has 1 aromatic carbocycles. The van der Waals surface area contributed by atoms with Crippen LogP contribution in [-0.2, 0) is 9.59 Å². The molecule has 3 N–H and O–H groups in total. The van der Waals surface area contributed by atoms with Crippen LogP contribution < -0.4 is 15.5 Å². The van der Waals surface area contributed by atoms with Crippen molar-refractivity contribution in [3.05, 3.63) is 42.4 Å². The molecule has 8 nitrogen and oxygen atoms in total. The van der Waals surface area contributed by atoms with E-state index in [1.165, 1.54) is 0 Å². The maximum Gasteiger partial charge on any atom is 0.230 e. The van der Waals surface area contributed by atoms with Crippen LogP contribution >= 0.6 is 0 Å². The predicted octanol–water partition coefficient (Wildman–Crippen LogP) is 4.11. The van der Waals surface area contributed by atoms with Gasteiger partial charge in [0, 0.05) is 36.6 Å². The van der Waals surface area contributed by atoms with Gasteiger partial charge in [-0.1, -0.05) is 26.8 Å². The molecule has 8 heteroatoms. The zero-order valence-corrected chi connectivity index (χ0v) is 19.0. The van der Waals surface area contributed by atoms with Crippen molar-refractivity contribution in [2.45, 2.75) is 40.5 Å². The van der Waals surface area contributed by atoms with Crippen molar-refractivity contribution in [2.75, 3.05) is 28.6 Å². The molecular formula is C24H30N6O2. The number of aryl methyl sites for hydroxylation is 1. The first-order valence-corrected chi connectivity index (χ1v) is 11.0. The highest BCUT2D eigenvalue weighted by Gasteiger charge is 2.37. The zero-order chi connectivity index (χ0) is 22.9. The van der Waals surface area contributed by atoms with Crippen molar-refractivity contribution in [3.63, 3.8) is 0 Å². The quantitative estimate of drug-likeness (QED) is 0.561. The first-order valence-electron chi connectivity index (χ1n) is 11.0. The molecule has 1 aliphatic rings. The number of fused-ring (bicyclic) bond motifs is 1. The molecule has 32 heavy (non-hydrogen) atoms. The third-order valence-electron chi connectivity index (χ3n) is 6.27. The van der Waals surface area contributed by atoms with Gasteiger partial charge in [-0.25, -0.2) is 9.97 Å². The Balaban J connectivity index is 1.43. The van der Waals surface area contributed by atoms with Crippen LogP contribution in [0, 0.1) is 18.3 Å². The molecule has 2 amide bonds. The summed E-state index contributed by atoms with van der Waals surface area (Å²) < 4.78 is 0. The Kier molecular flexibility index (Phi) is 5.86. The molecule has 0 saturated carbocycles. The zero-order valence-electron chi connectivity index (χ0n) is 19.0. The normalized spacial score (nSPS) is 15.7. The van der Waals surface area contributed by atoms with Gasteiger partial charge in [0.05, 0.1) is 10.8 Å². The minimum absolute atomic E-state index is 0.00449. The minimum Gasteiger partial charge on any atom is -0.356 e. The number of carbonyl (C=O) groups is 2. The number of nitrogens with one attached hydrogen (secondary N) is 3. The lowest BCUT2D eigenvalue weighted by Crippen LogP contribution is -2.45. The number of aromatic nitrogens is 3. The molecule has 1 aliphatic heterocycles. The molecule has 0 bridgehead atoms. The van der Waals surface area contributed by atoms with Crippen LogP contribution in [0.1, 0.15) is 39.2 Å². The Morgan fingerprint density at radius 1 is 1.12 bits per heavy atom. The van der Waals surface area contributed by atoms with Crippen molar-refractivity contribution in [1.82, 2.24) is 15.0 Å². The predicted molar refractivity (Wildman–Crippen MR) is 127 cm³/mol. The number of aromatic amines is 1. The van der Waals surface area contributed by atoms with Gasteiger partial charge in [0.25, 0.3) is 0 Å². The van der Waals surface area contributed by atoms with Crippen molar-refractivity contribution < 1.29 is 9.59 Å². The molecule has 0 aliphatic carbocycles. The topological polar surface area (TPSA) is 103 Å². The molecule has 0 radical (unpaired) electrons. The van der Waals surface area contributed by atoms with E-state index in [-0.39, 0.29) is 17.7 Å². The first-order chi connectivity index (χ1) is 15.3. The van der Waals surface area contributed by atoms with E-state index in [0.29, 0.717) is 11.4 Å². The van der Waals surface area contributed by atoms with E-state index >= 15 is 0 Å². The third kappa shape index (κ3) is 4.30. The van der Waals surface area contributed by atoms with Gasteiger partial charge in [-0.3, -0.25) is 9.59 Å². The molecule has 0 atom stereocenters. The second-order valence-corrected chi connectivity index (χ2v) is 9.12. The summed E-state index contributed by atoms with van der Waals surface area (Å²) in [5.74, 6) is 0.757. The average Bonchev–Trinajstić information content (AvgIpc) is 3.15. The highest BCUT2D eigenvalue weighted by atomic mass is 16.2. The van der Waals surface area contributed by atoms with E-state index in [2.05, 4.69) is 30.5 Å². The molecule has 4 rings (SSSR count). The van der Waals surface area contributed by atoms with Crippen molar-refractivity contribution in [1.29, 1.82) is 0 Å². The number of H-pyrrole nitrogens is 1. The van der Waals surface area contributed by atoms with Crippen LogP contribution in [0.5, 0.6) is 0 Å². The highest BCUT2D eigenvalue weighted by molar-refractivity contribution is 5.97. The second-order valence-electron chi connectivity index (χ2n) is 9.12. The Bertz CT molecular complexity index is 1140. The van der Waals surface area contributed by atoms with Crippen LogP contribution in [0.25, 0.3) is 11.0 Å². The average molecular weight is 435 g/mol. The summed E-state index contributed by atoms with van der Waals surface area (Å²) in [6.45, 7) is 9.23. The third-order valence-corrected chi connectivity index (χ3v) is 6.27. The molecule has 0 unspecified atom stereocenters. The van der Waals surface area contributed by atoms with Gasteiger partial charge in [-0.05, 0) is 43.5 Å². The Morgan fingerprint density at radius 2 is 1.81 bits per heavy atom. The monoisotopic (exact) mass is 434 g/mol. The Morgan fingerprint density at radius 3 is 2.50 bits per heavy atom. The van der Waals surface area contributed by atoms with Crippen LogP contribution in [0.2, 0.25) is 0 Å². The maximum atomic E-state index is 13.2. The summed E-state index contributed by atoms with van der Waals surface area (Å²) in [5, 5.41) is 6.96. The molecule has 3 aromatic rings. The number of benzene rings is 1. The van der Waals surface area contributed by atoms with Crippen LogP contribution in [0.15, 0.2) is 36.8 Å². The standard InChI is InChI=1S/C24H30N6O2/c1-15(2)22(31)28-17-6-5-7-18(12-17)29-23(32)24(4)8-10-30(11-9-24)21-19-16(3)13-25-20(19)26-14-27-21/h5-7,12-15H,8-11H2,1-4H3,(H,28,31)(H,29,32)(H,25,26,27). The number of anilines is 3. The summed E-state index contributed by atoms with van der Waals surface area (Å²) in [6, 6.07) is 7.29. The van der Waals surface area contributed by atoms with E-state index < -0.39 is 5.41 Å². The fraction of sp³-hybridized carbons (Fsp3) is 0.417. The smallest absolute Gasteiger partial charge is 0.230 e. The Labute approximate surface area is 187 Å². The van der Waals surface area contributed by atoms with Gasteiger partial charge >= 0.3 is 0 Å². The van der Waals surface area contributed by atoms with Gasteiger partial charge in [0.2, 0.25) is 11.8 Å². The number of hydrogen-bond acceptors (Lipinski definition) is 5. The number of carbonyl (C=O) groups excluding carboxylic acids is 2. The minimum atomic E-state index is -0.479. The van der Waals surface area contributed by atoms with Gasteiger partial charge in [-0.2, -0.15) is 0 Å². The first kappa shape index (κ1) is 21.8. The number of nitrogens with zero attached hydrogens (tertiary/aromatic N) is 3. The van der Waals surface area contributed by atoms with E-state index in [4.69, 9.17) is 0 Å². The van der Waals surface area contributed by atoms with Gasteiger partial charge in [0.1, 0.15) is 17.8 Å². The SMILES string of the molecule is Cc1c[nH]c2ncnc(N3CCC(C)(C(=O)Nc4cccc(NC(=O)C(C)C)c4)CC3)c12. The van der Waals surface area contributed by atoms with Gasteiger partial charge < -0.3 is 20.5 Å². The van der Waals surface area contributed by atoms with Gasteiger partial charge in [0.15, 0.2) is 0 Å². The summed E-state index contributed by atoms with van der Waals surface area (Å²) in [7, 11) is 0. The molecular weight excluding hydrogens is 404 g/mol. The molecule has 1 saturated heterocycles. The maximum absolute atomic E-state index is 13.2. The lowest BCUT2D eigenvalue weighted by molar-refractivity contribution is -0.125. The van der Waals surface area contributed by atoms with Crippen molar-refractivity contribution in [2.24, 2.45) is 11.3 Å². The summed E-state index contributed by atoms with van der Waals surface area (Å²) in [5.41, 5.74) is 2.83. The Hall–Kier alpha value is -3.42. The second kappa shape index (κ2) is 8.61. The van der Waals surface area contributed by atoms with Crippen molar-refractivity contribution >= 4 is 40.0 Å². The number of amides is 2. The lowest BCUT2D eigenvalue weighted by atomic mass is 9.79. The lowest BCUT2D eigenvalue weighted by Gasteiger charge is -2.39. The van der Waals surface area contributed by atoms with Crippen molar-refractivity contribution in [3.8, 4) is 0 Å². The molecule has 1 fully saturated rings. The largest absolute Gasteiger partial charge is 0.356 e. The number of piperidine rings is 1.